The molecule has 0 aliphatic heterocycles. The molecule has 1 aromatic carbocycles. The number of alkyl halides is 1. The van der Waals surface area contributed by atoms with E-state index in [1.165, 1.54) is 0 Å². The molecule has 0 unspecified atom stereocenters. The number of aryl methyl sites for hydroxylation is 1. The SMILES string of the molecule is Cc1ccc(C(=O)[C@@H](Cl)S(C)(=O)=O)cc1. The molecule has 0 N–H and O–H groups in total. The van der Waals surface area contributed by atoms with E-state index in [1.54, 1.807) is 24.3 Å². The predicted molar refractivity (Wildman–Crippen MR) is 60.0 cm³/mol. The molecule has 5 heteroatoms. The number of sulfone groups is 1. The van der Waals surface area contributed by atoms with Gasteiger partial charge in [-0.15, -0.1) is 0 Å². The van der Waals surface area contributed by atoms with Crippen LogP contribution in [0.4, 0.5) is 0 Å². The second-order valence-corrected chi connectivity index (χ2v) is 6.20. The Bertz CT molecular complexity index is 462. The first-order chi connectivity index (χ1) is 6.82. The molecule has 0 aliphatic rings. The standard InChI is InChI=1S/C10H11ClO3S/c1-7-3-5-8(6-4-7)9(12)10(11)15(2,13)14/h3-6,10H,1-2H3/t10-/m0/s1. The molecule has 0 saturated heterocycles. The molecule has 82 valence electrons. The van der Waals surface area contributed by atoms with Gasteiger partial charge >= 0.3 is 0 Å². The summed E-state index contributed by atoms with van der Waals surface area (Å²) < 4.78 is 20.6. The largest absolute Gasteiger partial charge is 0.291 e. The number of Topliss-reactive ketones (excluding diaryl/α,β-unsaturated/α-hetero) is 1. The second kappa shape index (κ2) is 4.33. The summed E-state index contributed by atoms with van der Waals surface area (Å²) in [7, 11) is -3.54. The van der Waals surface area contributed by atoms with E-state index in [4.69, 9.17) is 11.6 Å². The fourth-order valence-electron chi connectivity index (χ4n) is 1.04. The summed E-state index contributed by atoms with van der Waals surface area (Å²) in [5, 5.41) is 0. The van der Waals surface area contributed by atoms with Crippen LogP contribution in [0.3, 0.4) is 0 Å². The normalized spacial score (nSPS) is 13.5. The van der Waals surface area contributed by atoms with Crippen LogP contribution in [0.25, 0.3) is 0 Å². The maximum atomic E-state index is 11.6. The van der Waals surface area contributed by atoms with Gasteiger partial charge in [0.2, 0.25) is 0 Å². The third-order valence-electron chi connectivity index (χ3n) is 1.92. The van der Waals surface area contributed by atoms with Gasteiger partial charge in [0, 0.05) is 11.8 Å². The van der Waals surface area contributed by atoms with Gasteiger partial charge in [-0.2, -0.15) is 0 Å². The van der Waals surface area contributed by atoms with E-state index < -0.39 is 20.3 Å². The number of hydrogen-bond acceptors (Lipinski definition) is 3. The van der Waals surface area contributed by atoms with Crippen molar-refractivity contribution in [1.82, 2.24) is 0 Å². The maximum absolute atomic E-state index is 11.6. The number of carbonyl (C=O) groups excluding carboxylic acids is 1. The first-order valence-electron chi connectivity index (χ1n) is 4.26. The average molecular weight is 247 g/mol. The molecule has 0 spiro atoms. The molecular weight excluding hydrogens is 236 g/mol. The van der Waals surface area contributed by atoms with Gasteiger partial charge in [0.1, 0.15) is 0 Å². The van der Waals surface area contributed by atoms with Crippen molar-refractivity contribution in [2.24, 2.45) is 0 Å². The van der Waals surface area contributed by atoms with Crippen molar-refractivity contribution in [1.29, 1.82) is 0 Å². The van der Waals surface area contributed by atoms with Crippen LogP contribution in [0.15, 0.2) is 24.3 Å². The lowest BCUT2D eigenvalue weighted by Crippen LogP contribution is -2.23. The molecule has 0 aliphatic carbocycles. The Morgan fingerprint density at radius 2 is 1.73 bits per heavy atom. The highest BCUT2D eigenvalue weighted by Crippen LogP contribution is 2.14. The van der Waals surface area contributed by atoms with Crippen molar-refractivity contribution in [3.05, 3.63) is 35.4 Å². The minimum atomic E-state index is -3.54. The molecule has 0 aromatic heterocycles. The van der Waals surface area contributed by atoms with Crippen LogP contribution in [0.2, 0.25) is 0 Å². The summed E-state index contributed by atoms with van der Waals surface area (Å²) in [6.07, 6.45) is 0.941. The van der Waals surface area contributed by atoms with Crippen LogP contribution < -0.4 is 0 Å². The number of hydrogen-bond donors (Lipinski definition) is 0. The van der Waals surface area contributed by atoms with Crippen molar-refractivity contribution >= 4 is 27.2 Å². The topological polar surface area (TPSA) is 51.2 Å². The lowest BCUT2D eigenvalue weighted by atomic mass is 10.1. The third-order valence-corrected chi connectivity index (χ3v) is 4.05. The van der Waals surface area contributed by atoms with E-state index in [1.807, 2.05) is 6.92 Å². The van der Waals surface area contributed by atoms with E-state index in [2.05, 4.69) is 0 Å². The number of carbonyl (C=O) groups is 1. The number of rotatable bonds is 3. The zero-order valence-electron chi connectivity index (χ0n) is 8.40. The van der Waals surface area contributed by atoms with Crippen molar-refractivity contribution in [2.45, 2.75) is 11.6 Å². The Morgan fingerprint density at radius 3 is 2.13 bits per heavy atom. The Morgan fingerprint density at radius 1 is 1.27 bits per heavy atom. The molecule has 3 nitrogen and oxygen atoms in total. The highest BCUT2D eigenvalue weighted by atomic mass is 35.5. The quantitative estimate of drug-likeness (QED) is 0.604. The van der Waals surface area contributed by atoms with Crippen molar-refractivity contribution in [2.75, 3.05) is 6.26 Å². The fourth-order valence-corrected chi connectivity index (χ4v) is 1.69. The molecule has 0 heterocycles. The molecule has 0 bridgehead atoms. The first kappa shape index (κ1) is 12.2. The van der Waals surface area contributed by atoms with E-state index >= 15 is 0 Å². The Balaban J connectivity index is 3.01. The third kappa shape index (κ3) is 3.04. The van der Waals surface area contributed by atoms with Gasteiger partial charge in [0.25, 0.3) is 0 Å². The highest BCUT2D eigenvalue weighted by Gasteiger charge is 2.26. The van der Waals surface area contributed by atoms with Gasteiger partial charge in [-0.05, 0) is 6.92 Å². The fraction of sp³-hybridized carbons (Fsp3) is 0.300. The summed E-state index contributed by atoms with van der Waals surface area (Å²) in [5.74, 6) is -0.584. The molecule has 0 amide bonds. The predicted octanol–water partition coefficient (Wildman–Crippen LogP) is 1.79. The monoisotopic (exact) mass is 246 g/mol. The van der Waals surface area contributed by atoms with Crippen LogP contribution in [-0.2, 0) is 9.84 Å². The average Bonchev–Trinajstić information content (AvgIpc) is 2.15. The Kier molecular flexibility index (Phi) is 3.52. The molecule has 15 heavy (non-hydrogen) atoms. The van der Waals surface area contributed by atoms with Crippen LogP contribution in [-0.4, -0.2) is 25.2 Å². The number of ketones is 1. The summed E-state index contributed by atoms with van der Waals surface area (Å²) >= 11 is 5.54. The minimum Gasteiger partial charge on any atom is -0.291 e. The van der Waals surface area contributed by atoms with Gasteiger partial charge in [-0.3, -0.25) is 4.79 Å². The molecule has 0 fully saturated rings. The Hall–Kier alpha value is -0.870. The van der Waals surface area contributed by atoms with E-state index in [-0.39, 0.29) is 0 Å². The molecule has 0 saturated carbocycles. The Labute approximate surface area is 94.0 Å². The zero-order valence-corrected chi connectivity index (χ0v) is 9.97. The first-order valence-corrected chi connectivity index (χ1v) is 6.65. The van der Waals surface area contributed by atoms with Crippen molar-refractivity contribution in [3.63, 3.8) is 0 Å². The van der Waals surface area contributed by atoms with Gasteiger partial charge in [0.15, 0.2) is 20.3 Å². The second-order valence-electron chi connectivity index (χ2n) is 3.38. The van der Waals surface area contributed by atoms with Gasteiger partial charge in [0.05, 0.1) is 0 Å². The summed E-state index contributed by atoms with van der Waals surface area (Å²) in [5.41, 5.74) is 1.31. The lowest BCUT2D eigenvalue weighted by molar-refractivity contribution is 0.101. The van der Waals surface area contributed by atoms with E-state index in [0.717, 1.165) is 11.8 Å². The van der Waals surface area contributed by atoms with Crippen LogP contribution >= 0.6 is 11.6 Å². The summed E-state index contributed by atoms with van der Waals surface area (Å²) in [6, 6.07) is 6.61. The van der Waals surface area contributed by atoms with Crippen molar-refractivity contribution < 1.29 is 13.2 Å². The number of halogens is 1. The molecule has 1 rings (SSSR count). The van der Waals surface area contributed by atoms with Gasteiger partial charge in [-0.25, -0.2) is 8.42 Å². The van der Waals surface area contributed by atoms with E-state index in [0.29, 0.717) is 5.56 Å². The molecule has 1 atom stereocenters. The maximum Gasteiger partial charge on any atom is 0.197 e. The zero-order chi connectivity index (χ0) is 11.6. The molecular formula is C10H11ClO3S. The van der Waals surface area contributed by atoms with Gasteiger partial charge < -0.3 is 0 Å². The van der Waals surface area contributed by atoms with E-state index in [9.17, 15) is 13.2 Å². The van der Waals surface area contributed by atoms with Gasteiger partial charge in [-0.1, -0.05) is 41.4 Å². The van der Waals surface area contributed by atoms with Crippen LogP contribution in [0.5, 0.6) is 0 Å². The lowest BCUT2D eigenvalue weighted by Gasteiger charge is -2.06. The number of benzene rings is 1. The summed E-state index contributed by atoms with van der Waals surface area (Å²) in [4.78, 5) is 11.6. The molecule has 0 radical (unpaired) electrons. The molecule has 1 aromatic rings. The summed E-state index contributed by atoms with van der Waals surface area (Å²) in [6.45, 7) is 1.88. The van der Waals surface area contributed by atoms with Crippen LogP contribution in [0, 0.1) is 6.92 Å². The highest BCUT2D eigenvalue weighted by molar-refractivity contribution is 7.93. The van der Waals surface area contributed by atoms with Crippen molar-refractivity contribution in [3.8, 4) is 0 Å². The smallest absolute Gasteiger partial charge is 0.197 e. The minimum absolute atomic E-state index is 0.311. The van der Waals surface area contributed by atoms with Crippen LogP contribution in [0.1, 0.15) is 15.9 Å².